The molecule has 5 heteroatoms. The van der Waals surface area contributed by atoms with Crippen molar-refractivity contribution >= 4 is 22.9 Å². The minimum absolute atomic E-state index is 0.161. The SMILES string of the molecule is CCc1cc(O)ccc1NC(=O)c1ccc(-c2ccccc2OC)s1. The maximum atomic E-state index is 12.6. The molecular weight excluding hydrogens is 334 g/mol. The molecule has 2 aromatic carbocycles. The Kier molecular flexibility index (Phi) is 5.05. The van der Waals surface area contributed by atoms with Crippen LogP contribution >= 0.6 is 11.3 Å². The number of aromatic hydroxyl groups is 1. The number of benzene rings is 2. The summed E-state index contributed by atoms with van der Waals surface area (Å²) in [5.41, 5.74) is 2.58. The molecule has 0 saturated carbocycles. The number of anilines is 1. The van der Waals surface area contributed by atoms with Gasteiger partial charge in [-0.2, -0.15) is 0 Å². The predicted octanol–water partition coefficient (Wildman–Crippen LogP) is 4.94. The molecule has 3 rings (SSSR count). The van der Waals surface area contributed by atoms with E-state index in [4.69, 9.17) is 4.74 Å². The lowest BCUT2D eigenvalue weighted by atomic mass is 10.1. The topological polar surface area (TPSA) is 58.6 Å². The van der Waals surface area contributed by atoms with Gasteiger partial charge in [0, 0.05) is 16.1 Å². The largest absolute Gasteiger partial charge is 0.508 e. The van der Waals surface area contributed by atoms with Gasteiger partial charge in [0.2, 0.25) is 0 Å². The van der Waals surface area contributed by atoms with Crippen LogP contribution in [-0.2, 0) is 6.42 Å². The van der Waals surface area contributed by atoms with Crippen molar-refractivity contribution < 1.29 is 14.6 Å². The molecule has 1 aromatic heterocycles. The average Bonchev–Trinajstić information content (AvgIpc) is 3.13. The molecule has 0 saturated heterocycles. The Bertz CT molecular complexity index is 901. The van der Waals surface area contributed by atoms with Crippen LogP contribution in [0.1, 0.15) is 22.2 Å². The van der Waals surface area contributed by atoms with Crippen molar-refractivity contribution in [2.75, 3.05) is 12.4 Å². The molecule has 0 unspecified atom stereocenters. The van der Waals surface area contributed by atoms with Crippen LogP contribution < -0.4 is 10.1 Å². The van der Waals surface area contributed by atoms with E-state index in [9.17, 15) is 9.90 Å². The van der Waals surface area contributed by atoms with Gasteiger partial charge in [0.05, 0.1) is 12.0 Å². The summed E-state index contributed by atoms with van der Waals surface area (Å²) in [6, 6.07) is 16.4. The first kappa shape index (κ1) is 17.0. The monoisotopic (exact) mass is 353 g/mol. The Hall–Kier alpha value is -2.79. The molecule has 2 N–H and O–H groups in total. The molecule has 0 aliphatic rings. The summed E-state index contributed by atoms with van der Waals surface area (Å²) in [5, 5.41) is 12.5. The molecule has 0 bridgehead atoms. The Balaban J connectivity index is 1.84. The third-order valence-corrected chi connectivity index (χ3v) is 5.04. The minimum atomic E-state index is -0.161. The first-order valence-electron chi connectivity index (χ1n) is 7.99. The van der Waals surface area contributed by atoms with E-state index in [-0.39, 0.29) is 11.7 Å². The fourth-order valence-corrected chi connectivity index (χ4v) is 3.56. The zero-order chi connectivity index (χ0) is 17.8. The van der Waals surface area contributed by atoms with Crippen LogP contribution in [0.25, 0.3) is 10.4 Å². The van der Waals surface area contributed by atoms with Crippen molar-refractivity contribution in [2.24, 2.45) is 0 Å². The van der Waals surface area contributed by atoms with Gasteiger partial charge in [-0.15, -0.1) is 11.3 Å². The normalized spacial score (nSPS) is 10.5. The van der Waals surface area contributed by atoms with Crippen molar-refractivity contribution in [1.82, 2.24) is 0 Å². The highest BCUT2D eigenvalue weighted by molar-refractivity contribution is 7.17. The standard InChI is InChI=1S/C20H19NO3S/c1-3-13-12-14(22)8-9-16(13)21-20(23)19-11-10-18(25-19)15-6-4-5-7-17(15)24-2/h4-12,22H,3H2,1-2H3,(H,21,23). The molecule has 0 spiro atoms. The number of carbonyl (C=O) groups is 1. The number of aryl methyl sites for hydroxylation is 1. The second-order valence-electron chi connectivity index (χ2n) is 5.51. The molecule has 25 heavy (non-hydrogen) atoms. The number of thiophene rings is 1. The Labute approximate surface area is 150 Å². The molecule has 1 amide bonds. The number of methoxy groups -OCH3 is 1. The second-order valence-corrected chi connectivity index (χ2v) is 6.60. The average molecular weight is 353 g/mol. The third-order valence-electron chi connectivity index (χ3n) is 3.92. The lowest BCUT2D eigenvalue weighted by Gasteiger charge is -2.09. The number of nitrogens with one attached hydrogen (secondary N) is 1. The predicted molar refractivity (Wildman–Crippen MR) is 102 cm³/mol. The number of carbonyl (C=O) groups excluding carboxylic acids is 1. The summed E-state index contributed by atoms with van der Waals surface area (Å²) < 4.78 is 5.39. The molecule has 1 heterocycles. The van der Waals surface area contributed by atoms with Crippen LogP contribution in [0.2, 0.25) is 0 Å². The van der Waals surface area contributed by atoms with Gasteiger partial charge in [0.25, 0.3) is 5.91 Å². The molecule has 128 valence electrons. The van der Waals surface area contributed by atoms with Gasteiger partial charge < -0.3 is 15.2 Å². The molecule has 0 aliphatic heterocycles. The van der Waals surface area contributed by atoms with E-state index >= 15 is 0 Å². The van der Waals surface area contributed by atoms with Gasteiger partial charge in [0.1, 0.15) is 11.5 Å². The molecule has 0 fully saturated rings. The highest BCUT2D eigenvalue weighted by atomic mass is 32.1. The number of hydrogen-bond donors (Lipinski definition) is 2. The zero-order valence-electron chi connectivity index (χ0n) is 14.1. The van der Waals surface area contributed by atoms with Crippen molar-refractivity contribution in [3.05, 3.63) is 65.0 Å². The number of para-hydroxylation sites is 1. The first-order valence-corrected chi connectivity index (χ1v) is 8.80. The molecule has 0 radical (unpaired) electrons. The van der Waals surface area contributed by atoms with Crippen molar-refractivity contribution in [1.29, 1.82) is 0 Å². The van der Waals surface area contributed by atoms with Gasteiger partial charge >= 0.3 is 0 Å². The van der Waals surface area contributed by atoms with E-state index in [2.05, 4.69) is 5.32 Å². The highest BCUT2D eigenvalue weighted by Crippen LogP contribution is 2.35. The van der Waals surface area contributed by atoms with Crippen molar-refractivity contribution in [3.63, 3.8) is 0 Å². The molecule has 0 aliphatic carbocycles. The molecule has 4 nitrogen and oxygen atoms in total. The van der Waals surface area contributed by atoms with Crippen molar-refractivity contribution in [3.8, 4) is 21.9 Å². The summed E-state index contributed by atoms with van der Waals surface area (Å²) in [4.78, 5) is 14.2. The molecular formula is C20H19NO3S. The number of phenols is 1. The van der Waals surface area contributed by atoms with E-state index in [1.165, 1.54) is 11.3 Å². The van der Waals surface area contributed by atoms with E-state index in [1.807, 2.05) is 43.3 Å². The van der Waals surface area contributed by atoms with Crippen LogP contribution in [0.15, 0.2) is 54.6 Å². The molecule has 0 atom stereocenters. The fourth-order valence-electron chi connectivity index (χ4n) is 2.63. The number of amides is 1. The van der Waals surface area contributed by atoms with Crippen LogP contribution in [0.3, 0.4) is 0 Å². The summed E-state index contributed by atoms with van der Waals surface area (Å²) in [5.74, 6) is 0.819. The highest BCUT2D eigenvalue weighted by Gasteiger charge is 2.14. The van der Waals surface area contributed by atoms with Gasteiger partial charge in [-0.05, 0) is 54.4 Å². The van der Waals surface area contributed by atoms with Gasteiger partial charge in [-0.25, -0.2) is 0 Å². The first-order chi connectivity index (χ1) is 12.1. The number of hydrogen-bond acceptors (Lipinski definition) is 4. The van der Waals surface area contributed by atoms with Gasteiger partial charge in [0.15, 0.2) is 0 Å². The van der Waals surface area contributed by atoms with Gasteiger partial charge in [-0.1, -0.05) is 19.1 Å². The van der Waals surface area contributed by atoms with Crippen LogP contribution in [0.4, 0.5) is 5.69 Å². The van der Waals surface area contributed by atoms with E-state index in [0.29, 0.717) is 4.88 Å². The Morgan fingerprint density at radius 2 is 1.96 bits per heavy atom. The number of phenolic OH excluding ortho intramolecular Hbond substituents is 1. The lowest BCUT2D eigenvalue weighted by molar-refractivity contribution is 0.103. The maximum Gasteiger partial charge on any atom is 0.265 e. The fraction of sp³-hybridized carbons (Fsp3) is 0.150. The van der Waals surface area contributed by atoms with Crippen molar-refractivity contribution in [2.45, 2.75) is 13.3 Å². The van der Waals surface area contributed by atoms with E-state index in [0.717, 1.165) is 33.9 Å². The van der Waals surface area contributed by atoms with Crippen LogP contribution in [0, 0.1) is 0 Å². The zero-order valence-corrected chi connectivity index (χ0v) is 14.9. The summed E-state index contributed by atoms with van der Waals surface area (Å²) >= 11 is 1.42. The Morgan fingerprint density at radius 3 is 2.72 bits per heavy atom. The minimum Gasteiger partial charge on any atom is -0.508 e. The lowest BCUT2D eigenvalue weighted by Crippen LogP contribution is -2.11. The van der Waals surface area contributed by atoms with Crippen LogP contribution in [-0.4, -0.2) is 18.1 Å². The number of ether oxygens (including phenoxy) is 1. The summed E-state index contributed by atoms with van der Waals surface area (Å²) in [6.07, 6.45) is 0.723. The summed E-state index contributed by atoms with van der Waals surface area (Å²) in [7, 11) is 1.64. The second kappa shape index (κ2) is 7.40. The number of rotatable bonds is 5. The smallest absolute Gasteiger partial charge is 0.265 e. The Morgan fingerprint density at radius 1 is 1.16 bits per heavy atom. The summed E-state index contributed by atoms with van der Waals surface area (Å²) in [6.45, 7) is 1.98. The quantitative estimate of drug-likeness (QED) is 0.639. The third kappa shape index (κ3) is 3.67. The maximum absolute atomic E-state index is 12.6. The van der Waals surface area contributed by atoms with Gasteiger partial charge in [-0.3, -0.25) is 4.79 Å². The van der Waals surface area contributed by atoms with Crippen LogP contribution in [0.5, 0.6) is 11.5 Å². The molecule has 3 aromatic rings. The van der Waals surface area contributed by atoms with E-state index < -0.39 is 0 Å². The van der Waals surface area contributed by atoms with E-state index in [1.54, 1.807) is 25.3 Å².